The summed E-state index contributed by atoms with van der Waals surface area (Å²) in [5.74, 6) is -5.01. The van der Waals surface area contributed by atoms with Gasteiger partial charge in [-0.05, 0) is 99.6 Å². The SMILES string of the molecule is CCOC(=O)c1c(N)nn2ccc(N3C=C(O)CC3c3cc(F)ccc3F)nc12.CCOC(=O)c1c(N)nn2ccc(N3CC(=O)CC3c3cc(F)ccc3F)nc12.CCOC(=O)c1c(N)nn2ccc(N3CC(O)=CC3c3cc(F)ccc3F)nc12. The van der Waals surface area contributed by atoms with Crippen LogP contribution < -0.4 is 31.9 Å². The molecule has 0 bridgehead atoms. The number of aliphatic hydroxyl groups is 2. The molecule has 1 saturated heterocycles. The number of aliphatic hydroxyl groups excluding tert-OH is 2. The number of ketones is 1. The lowest BCUT2D eigenvalue weighted by molar-refractivity contribution is -0.116. The lowest BCUT2D eigenvalue weighted by Gasteiger charge is -2.26. The second kappa shape index (κ2) is 24.3. The number of aromatic nitrogens is 9. The van der Waals surface area contributed by atoms with Crippen molar-refractivity contribution in [1.29, 1.82) is 0 Å². The Kier molecular flexibility index (Phi) is 16.6. The topological polar surface area (TPSA) is 315 Å². The molecule has 0 saturated carbocycles. The summed E-state index contributed by atoms with van der Waals surface area (Å²) in [6, 6.07) is 11.9. The standard InChI is InChI=1S/3C19H17F2N5O3/c3*1-2-29-19(28)16-17(22)24-26-6-5-15(23-18(16)26)25-9-11(27)8-14(25)12-7-10(20)3-4-13(12)21/h3-7,14H,2,8-9H2,1H3,(H2,22,24);3-7,9,14,27H,2,8H2,1H3,(H2,22,24);3-8,14,27H,2,9H2,1H3,(H2,22,24). The zero-order chi connectivity index (χ0) is 62.1. The van der Waals surface area contributed by atoms with Crippen molar-refractivity contribution in [2.24, 2.45) is 0 Å². The molecule has 6 aromatic heterocycles. The predicted molar refractivity (Wildman–Crippen MR) is 300 cm³/mol. The number of benzene rings is 3. The Balaban J connectivity index is 0.000000144. The molecule has 12 rings (SSSR count). The van der Waals surface area contributed by atoms with Crippen molar-refractivity contribution in [3.8, 4) is 0 Å². The van der Waals surface area contributed by atoms with Gasteiger partial charge in [-0.15, -0.1) is 15.3 Å². The van der Waals surface area contributed by atoms with Crippen LogP contribution in [-0.2, 0) is 19.0 Å². The number of anilines is 6. The summed E-state index contributed by atoms with van der Waals surface area (Å²) in [5.41, 5.74) is 18.2. The zero-order valence-electron chi connectivity index (χ0n) is 46.1. The highest BCUT2D eigenvalue weighted by molar-refractivity contribution is 6.02. The van der Waals surface area contributed by atoms with Crippen LogP contribution in [0, 0.1) is 34.9 Å². The van der Waals surface area contributed by atoms with E-state index in [2.05, 4.69) is 30.2 Å². The van der Waals surface area contributed by atoms with Crippen molar-refractivity contribution in [3.63, 3.8) is 0 Å². The van der Waals surface area contributed by atoms with E-state index in [0.717, 1.165) is 54.6 Å². The van der Waals surface area contributed by atoms with Crippen LogP contribution in [0.25, 0.3) is 16.9 Å². The van der Waals surface area contributed by atoms with Gasteiger partial charge in [0.15, 0.2) is 40.2 Å². The van der Waals surface area contributed by atoms with E-state index in [-0.39, 0.29) is 131 Å². The first kappa shape index (κ1) is 59.2. The minimum Gasteiger partial charge on any atom is -0.511 e. The summed E-state index contributed by atoms with van der Waals surface area (Å²) in [6.45, 7) is 5.44. The summed E-state index contributed by atoms with van der Waals surface area (Å²) >= 11 is 0. The molecule has 24 nitrogen and oxygen atoms in total. The van der Waals surface area contributed by atoms with Crippen LogP contribution in [0.2, 0.25) is 0 Å². The second-order valence-corrected chi connectivity index (χ2v) is 19.5. The van der Waals surface area contributed by atoms with Crippen LogP contribution >= 0.6 is 0 Å². The number of carbonyl (C=O) groups is 4. The Hall–Kier alpha value is -10.9. The van der Waals surface area contributed by atoms with Gasteiger partial charge in [0.05, 0.1) is 51.0 Å². The summed E-state index contributed by atoms with van der Waals surface area (Å²) in [5, 5.41) is 32.2. The van der Waals surface area contributed by atoms with E-state index in [1.165, 1.54) is 49.3 Å². The van der Waals surface area contributed by atoms with Gasteiger partial charge in [0.2, 0.25) is 0 Å². The first-order valence-corrected chi connectivity index (χ1v) is 26.6. The lowest BCUT2D eigenvalue weighted by atomic mass is 10.0. The van der Waals surface area contributed by atoms with E-state index in [4.69, 9.17) is 31.4 Å². The highest BCUT2D eigenvalue weighted by atomic mass is 19.1. The normalized spacial score (nSPS) is 16.4. The molecule has 9 aromatic rings. The van der Waals surface area contributed by atoms with Crippen LogP contribution in [0.5, 0.6) is 0 Å². The van der Waals surface area contributed by atoms with E-state index in [0.29, 0.717) is 17.5 Å². The molecule has 0 spiro atoms. The average Bonchev–Trinajstić information content (AvgIpc) is 1.76. The molecule has 3 aliphatic heterocycles. The van der Waals surface area contributed by atoms with Gasteiger partial charge in [0, 0.05) is 54.3 Å². The minimum atomic E-state index is -0.785. The van der Waals surface area contributed by atoms with Crippen molar-refractivity contribution in [1.82, 2.24) is 43.8 Å². The smallest absolute Gasteiger partial charge is 0.345 e. The molecule has 450 valence electrons. The number of carbonyl (C=O) groups excluding carboxylic acids is 4. The molecule has 0 aliphatic carbocycles. The molecule has 3 aromatic carbocycles. The predicted octanol–water partition coefficient (Wildman–Crippen LogP) is 8.17. The van der Waals surface area contributed by atoms with Gasteiger partial charge in [-0.1, -0.05) is 0 Å². The second-order valence-electron chi connectivity index (χ2n) is 19.5. The van der Waals surface area contributed by atoms with Crippen LogP contribution in [0.4, 0.5) is 61.2 Å². The largest absolute Gasteiger partial charge is 0.511 e. The number of ether oxygens (including phenoxy) is 3. The summed E-state index contributed by atoms with van der Waals surface area (Å²) < 4.78 is 103. The van der Waals surface area contributed by atoms with Gasteiger partial charge in [-0.25, -0.2) is 69.2 Å². The van der Waals surface area contributed by atoms with Gasteiger partial charge in [0.25, 0.3) is 0 Å². The number of hydrogen-bond donors (Lipinski definition) is 5. The van der Waals surface area contributed by atoms with Crippen LogP contribution in [0.3, 0.4) is 0 Å². The molecule has 0 amide bonds. The molecule has 3 aliphatic rings. The number of nitrogens with two attached hydrogens (primary N) is 3. The Morgan fingerprint density at radius 2 is 0.931 bits per heavy atom. The van der Waals surface area contributed by atoms with Gasteiger partial charge >= 0.3 is 17.9 Å². The summed E-state index contributed by atoms with van der Waals surface area (Å²) in [7, 11) is 0. The molecule has 30 heteroatoms. The highest BCUT2D eigenvalue weighted by Crippen LogP contribution is 2.40. The van der Waals surface area contributed by atoms with Gasteiger partial charge in [-0.2, -0.15) is 0 Å². The highest BCUT2D eigenvalue weighted by Gasteiger charge is 2.37. The number of fused-ring (bicyclic) bond motifs is 3. The fourth-order valence-corrected chi connectivity index (χ4v) is 10.1. The number of nitrogen functional groups attached to an aromatic ring is 3. The van der Waals surface area contributed by atoms with Crippen molar-refractivity contribution in [2.45, 2.75) is 51.7 Å². The molecule has 0 radical (unpaired) electrons. The summed E-state index contributed by atoms with van der Waals surface area (Å²) in [6.07, 6.45) is 7.47. The van der Waals surface area contributed by atoms with Gasteiger partial charge < -0.3 is 56.3 Å². The molecule has 1 fully saturated rings. The third-order valence-corrected chi connectivity index (χ3v) is 13.9. The monoisotopic (exact) mass is 1200 g/mol. The summed E-state index contributed by atoms with van der Waals surface area (Å²) in [4.78, 5) is 66.8. The fraction of sp³-hybridized carbons (Fsp3) is 0.228. The third kappa shape index (κ3) is 11.8. The van der Waals surface area contributed by atoms with Crippen molar-refractivity contribution in [3.05, 3.63) is 183 Å². The van der Waals surface area contributed by atoms with E-state index < -0.39 is 70.9 Å². The first-order chi connectivity index (χ1) is 41.7. The lowest BCUT2D eigenvalue weighted by Crippen LogP contribution is -2.26. The maximum absolute atomic E-state index is 14.3. The number of halogens is 6. The maximum Gasteiger partial charge on any atom is 0.345 e. The number of nitrogens with zero attached hydrogens (tertiary/aromatic N) is 12. The van der Waals surface area contributed by atoms with Crippen molar-refractivity contribution < 1.29 is 69.9 Å². The number of Topliss-reactive ketones (excluding diaryl/α,β-unsaturated/α-hetero) is 1. The molecule has 3 unspecified atom stereocenters. The van der Waals surface area contributed by atoms with Crippen LogP contribution in [0.1, 0.15) is 99.5 Å². The number of esters is 3. The van der Waals surface area contributed by atoms with Crippen LogP contribution in [0.15, 0.2) is 115 Å². The van der Waals surface area contributed by atoms with Crippen molar-refractivity contribution in [2.75, 3.05) is 64.8 Å². The van der Waals surface area contributed by atoms with E-state index in [1.807, 2.05) is 0 Å². The molecule has 9 heterocycles. The number of rotatable bonds is 12. The Morgan fingerprint density at radius 1 is 0.529 bits per heavy atom. The molecule has 3 atom stereocenters. The van der Waals surface area contributed by atoms with Gasteiger partial charge in [0.1, 0.15) is 80.6 Å². The van der Waals surface area contributed by atoms with E-state index in [1.54, 1.807) is 48.8 Å². The van der Waals surface area contributed by atoms with E-state index in [9.17, 15) is 55.7 Å². The third-order valence-electron chi connectivity index (χ3n) is 13.9. The molecule has 8 N–H and O–H groups in total. The maximum atomic E-state index is 14.3. The molecular formula is C57H51F6N15O9. The Bertz CT molecular complexity index is 4270. The van der Waals surface area contributed by atoms with E-state index >= 15 is 0 Å². The van der Waals surface area contributed by atoms with Crippen LogP contribution in [-0.4, -0.2) is 111 Å². The Morgan fingerprint density at radius 3 is 1.39 bits per heavy atom. The quantitative estimate of drug-likeness (QED) is 0.0437. The number of hydrogen-bond acceptors (Lipinski definition) is 21. The fourth-order valence-electron chi connectivity index (χ4n) is 10.1. The average molecular weight is 1200 g/mol. The van der Waals surface area contributed by atoms with Crippen molar-refractivity contribution >= 4 is 75.5 Å². The minimum absolute atomic E-state index is 0.00714. The first-order valence-electron chi connectivity index (χ1n) is 26.6. The Labute approximate surface area is 487 Å². The zero-order valence-corrected chi connectivity index (χ0v) is 46.1. The molecular weight excluding hydrogens is 1150 g/mol. The van der Waals surface area contributed by atoms with Gasteiger partial charge in [-0.3, -0.25) is 4.79 Å². The molecule has 87 heavy (non-hydrogen) atoms.